The predicted molar refractivity (Wildman–Crippen MR) is 117 cm³/mol. The minimum absolute atomic E-state index is 0.0951. The first-order chi connectivity index (χ1) is 13.8. The molecule has 0 aliphatic carbocycles. The van der Waals surface area contributed by atoms with Gasteiger partial charge in [-0.2, -0.15) is 0 Å². The first kappa shape index (κ1) is 22.4. The molecule has 2 amide bonds. The molecule has 3 rings (SSSR count). The van der Waals surface area contributed by atoms with E-state index in [1.54, 1.807) is 4.90 Å². The Labute approximate surface area is 179 Å². The fourth-order valence-corrected chi connectivity index (χ4v) is 4.99. The highest BCUT2D eigenvalue weighted by atomic mass is 16.4. The van der Waals surface area contributed by atoms with E-state index >= 15 is 0 Å². The summed E-state index contributed by atoms with van der Waals surface area (Å²) in [4.78, 5) is 27.1. The van der Waals surface area contributed by atoms with E-state index in [-0.39, 0.29) is 22.9 Å². The Bertz CT molecular complexity index is 835. The van der Waals surface area contributed by atoms with Crippen LogP contribution in [0.1, 0.15) is 102 Å². The molecule has 2 N–H and O–H groups in total. The highest BCUT2D eigenvalue weighted by Gasteiger charge is 2.40. The predicted octanol–water partition coefficient (Wildman–Crippen LogP) is 5.91. The van der Waals surface area contributed by atoms with Gasteiger partial charge in [0.2, 0.25) is 0 Å². The summed E-state index contributed by atoms with van der Waals surface area (Å²) >= 11 is 0. The first-order valence-corrected chi connectivity index (χ1v) is 11.0. The molecule has 30 heavy (non-hydrogen) atoms. The first-order valence-electron chi connectivity index (χ1n) is 11.0. The fourth-order valence-electron chi connectivity index (χ4n) is 4.99. The molecule has 0 radical (unpaired) electrons. The third kappa shape index (κ3) is 4.14. The molecular weight excluding hydrogens is 380 g/mol. The van der Waals surface area contributed by atoms with E-state index in [9.17, 15) is 19.8 Å². The zero-order valence-corrected chi connectivity index (χ0v) is 19.2. The number of carboxylic acid groups (broad SMARTS) is 2. The molecule has 2 atom stereocenters. The van der Waals surface area contributed by atoms with Gasteiger partial charge in [0.25, 0.3) is 0 Å². The maximum absolute atomic E-state index is 12.0. The molecule has 0 aromatic heterocycles. The van der Waals surface area contributed by atoms with Crippen molar-refractivity contribution in [3.8, 4) is 0 Å². The summed E-state index contributed by atoms with van der Waals surface area (Å²) in [6, 6.07) is 3.95. The van der Waals surface area contributed by atoms with Crippen LogP contribution in [-0.4, -0.2) is 45.3 Å². The molecule has 0 spiro atoms. The standard InChI is InChI=1S/C24H36N2O4/c1-23(2,3)15-13-16(18-9-7-11-25(18)21(27)28)20(17(14-15)24(4,5)6)19-10-8-12-26(19)22(29)30/h13-14,18-19H,7-12H2,1-6H3,(H,27,28)(H,29,30). The number of hydrogen-bond acceptors (Lipinski definition) is 2. The Morgan fingerprint density at radius 2 is 1.33 bits per heavy atom. The zero-order valence-electron chi connectivity index (χ0n) is 19.2. The minimum atomic E-state index is -0.900. The maximum atomic E-state index is 12.0. The van der Waals surface area contributed by atoms with Crippen molar-refractivity contribution in [1.82, 2.24) is 9.80 Å². The van der Waals surface area contributed by atoms with Gasteiger partial charge >= 0.3 is 12.2 Å². The summed E-state index contributed by atoms with van der Waals surface area (Å²) in [7, 11) is 0. The average molecular weight is 417 g/mol. The fraction of sp³-hybridized carbons (Fsp3) is 0.667. The molecule has 2 aliphatic rings. The van der Waals surface area contributed by atoms with Crippen molar-refractivity contribution in [1.29, 1.82) is 0 Å². The summed E-state index contributed by atoms with van der Waals surface area (Å²) in [5, 5.41) is 19.7. The van der Waals surface area contributed by atoms with Crippen LogP contribution in [0.3, 0.4) is 0 Å². The second kappa shape index (κ2) is 7.78. The van der Waals surface area contributed by atoms with E-state index in [1.165, 1.54) is 10.5 Å². The lowest BCUT2D eigenvalue weighted by atomic mass is 9.73. The molecule has 2 aliphatic heterocycles. The van der Waals surface area contributed by atoms with E-state index in [0.29, 0.717) is 13.1 Å². The van der Waals surface area contributed by atoms with E-state index in [2.05, 4.69) is 53.7 Å². The Morgan fingerprint density at radius 3 is 1.80 bits per heavy atom. The second-order valence-corrected chi connectivity index (χ2v) is 10.8. The van der Waals surface area contributed by atoms with Gasteiger partial charge in [0.1, 0.15) is 0 Å². The van der Waals surface area contributed by atoms with E-state index in [1.807, 2.05) is 0 Å². The Balaban J connectivity index is 2.31. The van der Waals surface area contributed by atoms with Crippen LogP contribution in [-0.2, 0) is 10.8 Å². The molecule has 0 bridgehead atoms. The van der Waals surface area contributed by atoms with E-state index < -0.39 is 12.2 Å². The number of nitrogens with zero attached hydrogens (tertiary/aromatic N) is 2. The smallest absolute Gasteiger partial charge is 0.407 e. The summed E-state index contributed by atoms with van der Waals surface area (Å²) in [5.74, 6) is 0. The molecule has 6 heteroatoms. The Hall–Kier alpha value is -2.24. The molecular formula is C24H36N2O4. The SMILES string of the molecule is CC(C)(C)c1cc(C2CCCN2C(=O)O)c(C2CCCN2C(=O)O)c(C(C)(C)C)c1. The van der Waals surface area contributed by atoms with Gasteiger partial charge in [0.15, 0.2) is 0 Å². The zero-order chi connectivity index (χ0) is 22.4. The lowest BCUT2D eigenvalue weighted by molar-refractivity contribution is 0.134. The van der Waals surface area contributed by atoms with Crippen molar-refractivity contribution < 1.29 is 19.8 Å². The van der Waals surface area contributed by atoms with Crippen molar-refractivity contribution in [2.45, 2.75) is 90.1 Å². The van der Waals surface area contributed by atoms with Crippen LogP contribution in [0.15, 0.2) is 12.1 Å². The topological polar surface area (TPSA) is 81.1 Å². The minimum Gasteiger partial charge on any atom is -0.465 e. The quantitative estimate of drug-likeness (QED) is 0.628. The lowest BCUT2D eigenvalue weighted by Gasteiger charge is -2.36. The summed E-state index contributed by atoms with van der Waals surface area (Å²) in [6.07, 6.45) is 1.41. The van der Waals surface area contributed by atoms with Crippen molar-refractivity contribution in [2.75, 3.05) is 13.1 Å². The molecule has 166 valence electrons. The largest absolute Gasteiger partial charge is 0.465 e. The molecule has 6 nitrogen and oxygen atoms in total. The number of benzene rings is 1. The van der Waals surface area contributed by atoms with Crippen LogP contribution in [0, 0.1) is 0 Å². The molecule has 2 saturated heterocycles. The van der Waals surface area contributed by atoms with Crippen LogP contribution in [0.5, 0.6) is 0 Å². The van der Waals surface area contributed by atoms with Gasteiger partial charge in [0.05, 0.1) is 12.1 Å². The monoisotopic (exact) mass is 416 g/mol. The molecule has 0 saturated carbocycles. The molecule has 1 aromatic rings. The van der Waals surface area contributed by atoms with E-state index in [4.69, 9.17) is 0 Å². The lowest BCUT2D eigenvalue weighted by Crippen LogP contribution is -2.34. The summed E-state index contributed by atoms with van der Waals surface area (Å²) < 4.78 is 0. The summed E-state index contributed by atoms with van der Waals surface area (Å²) in [6.45, 7) is 14.0. The number of hydrogen-bond donors (Lipinski definition) is 2. The number of rotatable bonds is 2. The van der Waals surface area contributed by atoms with E-state index in [0.717, 1.165) is 42.4 Å². The van der Waals surface area contributed by atoms with Gasteiger partial charge in [-0.1, -0.05) is 53.7 Å². The maximum Gasteiger partial charge on any atom is 0.407 e. The van der Waals surface area contributed by atoms with Crippen LogP contribution in [0.4, 0.5) is 9.59 Å². The highest BCUT2D eigenvalue weighted by Crippen LogP contribution is 2.46. The van der Waals surface area contributed by atoms with Gasteiger partial charge < -0.3 is 20.0 Å². The second-order valence-electron chi connectivity index (χ2n) is 10.8. The summed E-state index contributed by atoms with van der Waals surface area (Å²) in [5.41, 5.74) is 4.06. The Morgan fingerprint density at radius 1 is 0.833 bits per heavy atom. The average Bonchev–Trinajstić information content (AvgIpc) is 3.28. The third-order valence-electron chi connectivity index (χ3n) is 6.58. The van der Waals surface area contributed by atoms with Gasteiger partial charge in [0, 0.05) is 13.1 Å². The Kier molecular flexibility index (Phi) is 5.82. The van der Waals surface area contributed by atoms with Crippen molar-refractivity contribution in [3.63, 3.8) is 0 Å². The van der Waals surface area contributed by atoms with Crippen LogP contribution >= 0.6 is 0 Å². The molecule has 1 aromatic carbocycles. The number of carbonyl (C=O) groups is 2. The van der Waals surface area contributed by atoms with Crippen molar-refractivity contribution >= 4 is 12.2 Å². The van der Waals surface area contributed by atoms with Gasteiger partial charge in [-0.05, 0) is 58.8 Å². The van der Waals surface area contributed by atoms with Gasteiger partial charge in [-0.15, -0.1) is 0 Å². The van der Waals surface area contributed by atoms with Gasteiger partial charge in [-0.25, -0.2) is 9.59 Å². The normalized spacial score (nSPS) is 22.6. The van der Waals surface area contributed by atoms with Crippen LogP contribution < -0.4 is 0 Å². The van der Waals surface area contributed by atoms with Crippen molar-refractivity contribution in [2.24, 2.45) is 0 Å². The highest BCUT2D eigenvalue weighted by molar-refractivity contribution is 5.68. The molecule has 2 unspecified atom stereocenters. The van der Waals surface area contributed by atoms with Crippen LogP contribution in [0.25, 0.3) is 0 Å². The number of likely N-dealkylation sites (tertiary alicyclic amines) is 2. The molecule has 2 heterocycles. The molecule has 2 fully saturated rings. The van der Waals surface area contributed by atoms with Gasteiger partial charge in [-0.3, -0.25) is 0 Å². The number of amides is 2. The van der Waals surface area contributed by atoms with Crippen LogP contribution in [0.2, 0.25) is 0 Å². The third-order valence-corrected chi connectivity index (χ3v) is 6.58. The van der Waals surface area contributed by atoms with Crippen molar-refractivity contribution in [3.05, 3.63) is 34.4 Å².